The van der Waals surface area contributed by atoms with Gasteiger partial charge in [0.15, 0.2) is 0 Å². The predicted molar refractivity (Wildman–Crippen MR) is 48.4 cm³/mol. The Kier molecular flexibility index (Phi) is 45.0. The molecule has 21 heavy (non-hydrogen) atoms. The van der Waals surface area contributed by atoms with Gasteiger partial charge < -0.3 is 35.8 Å². The van der Waals surface area contributed by atoms with Gasteiger partial charge in [-0.05, 0) is 6.16 Å². The number of carbonyl (C=O) groups excluding carboxylic acids is 1. The zero-order valence-corrected chi connectivity index (χ0v) is 24.8. The number of nitrogens with zero attached hydrogens (tertiary/aromatic N) is 1. The van der Waals surface area contributed by atoms with E-state index in [1.807, 2.05) is 0 Å². The third-order valence-corrected chi connectivity index (χ3v) is 1.08. The monoisotopic (exact) mass is 594 g/mol. The van der Waals surface area contributed by atoms with Gasteiger partial charge in [-0.2, -0.15) is 0 Å². The number of carboxylic acid groups (broad SMARTS) is 5. The first-order valence-corrected chi connectivity index (χ1v) is 3.90. The summed E-state index contributed by atoms with van der Waals surface area (Å²) in [6.45, 7) is -1.80. The van der Waals surface area contributed by atoms with Crippen LogP contribution in [0.3, 0.4) is 0 Å². The van der Waals surface area contributed by atoms with E-state index in [4.69, 9.17) is 30.3 Å². The largest absolute Gasteiger partial charge is 1.00 e. The Morgan fingerprint density at radius 3 is 1.00 bits per heavy atom. The van der Waals surface area contributed by atoms with E-state index in [0.29, 0.717) is 0 Å². The molecular formula is C7H11CoCs2NO10. The van der Waals surface area contributed by atoms with Crippen molar-refractivity contribution in [3.8, 4) is 0 Å². The van der Waals surface area contributed by atoms with E-state index in [-0.39, 0.29) is 160 Å². The van der Waals surface area contributed by atoms with Crippen molar-refractivity contribution < 1.29 is 205 Å². The van der Waals surface area contributed by atoms with Crippen LogP contribution in [0.1, 0.15) is 0 Å². The molecule has 0 saturated carbocycles. The summed E-state index contributed by atoms with van der Waals surface area (Å²) in [5, 5.41) is 41.5. The molecule has 115 valence electrons. The minimum absolute atomic E-state index is 0. The smallest absolute Gasteiger partial charge is 0.652 e. The van der Waals surface area contributed by atoms with Crippen molar-refractivity contribution in [2.45, 2.75) is 0 Å². The normalized spacial score (nSPS) is 7.29. The van der Waals surface area contributed by atoms with E-state index in [0.717, 1.165) is 4.90 Å². The minimum atomic E-state index is -2.33. The Morgan fingerprint density at radius 1 is 0.762 bits per heavy atom. The molecule has 0 aliphatic carbocycles. The maximum atomic E-state index is 10.1. The first-order valence-electron chi connectivity index (χ1n) is 3.90. The Morgan fingerprint density at radius 2 is 0.905 bits per heavy atom. The molecule has 0 aliphatic rings. The van der Waals surface area contributed by atoms with Gasteiger partial charge in [-0.1, -0.05) is 0 Å². The first-order chi connectivity index (χ1) is 7.65. The molecule has 0 bridgehead atoms. The van der Waals surface area contributed by atoms with Crippen LogP contribution in [0.5, 0.6) is 0 Å². The van der Waals surface area contributed by atoms with E-state index in [2.05, 4.69) is 0 Å². The molecule has 0 heterocycles. The second kappa shape index (κ2) is 24.5. The van der Waals surface area contributed by atoms with Gasteiger partial charge in [-0.25, -0.2) is 0 Å². The van der Waals surface area contributed by atoms with Gasteiger partial charge in [0.25, 0.3) is 0 Å². The van der Waals surface area contributed by atoms with Crippen molar-refractivity contribution >= 4 is 24.1 Å². The molecule has 0 saturated heterocycles. The van der Waals surface area contributed by atoms with Crippen LogP contribution in [0.2, 0.25) is 0 Å². The van der Waals surface area contributed by atoms with Crippen LogP contribution in [-0.2, 0) is 31.2 Å². The standard InChI is InChI=1S/C6H9NO6.CH2O3.Co.2Cs.H2O/c8-4(9)1-7(2-5(10)11)3-6(12)13;2-1(3)4;;;;/h1-3H2,(H,8,9)(H,10,11)(H,12,13);(H2,2,3,4);;;;1H2/q;;;2*+1;/p-2. The van der Waals surface area contributed by atoms with Crippen molar-refractivity contribution in [2.75, 3.05) is 19.6 Å². The van der Waals surface area contributed by atoms with E-state index >= 15 is 0 Å². The summed E-state index contributed by atoms with van der Waals surface area (Å²) in [7, 11) is 0. The van der Waals surface area contributed by atoms with Crippen molar-refractivity contribution in [1.82, 2.24) is 4.90 Å². The van der Waals surface area contributed by atoms with Crippen LogP contribution in [0.25, 0.3) is 0 Å². The maximum absolute atomic E-state index is 10.1. The Hall–Kier alpha value is 2.21. The second-order valence-corrected chi connectivity index (χ2v) is 2.58. The van der Waals surface area contributed by atoms with Crippen molar-refractivity contribution in [2.24, 2.45) is 0 Å². The molecule has 0 fully saturated rings. The van der Waals surface area contributed by atoms with Gasteiger partial charge in [-0.3, -0.25) is 19.3 Å². The second-order valence-electron chi connectivity index (χ2n) is 2.58. The molecular weight excluding hydrogens is 583 g/mol. The Bertz CT molecular complexity index is 274. The quantitative estimate of drug-likeness (QED) is 0.265. The average molecular weight is 594 g/mol. The summed E-state index contributed by atoms with van der Waals surface area (Å²) < 4.78 is 0. The zero-order chi connectivity index (χ0) is 14.0. The fourth-order valence-electron chi connectivity index (χ4n) is 0.742. The molecule has 5 N–H and O–H groups in total. The first kappa shape index (κ1) is 38.7. The summed E-state index contributed by atoms with van der Waals surface area (Å²) in [6.07, 6.45) is -2.33. The fraction of sp³-hybridized carbons (Fsp3) is 0.429. The molecule has 11 nitrogen and oxygen atoms in total. The number of hydrogen-bond donors (Lipinski definition) is 3. The molecule has 1 radical (unpaired) electrons. The zero-order valence-electron chi connectivity index (χ0n) is 11.2. The fourth-order valence-corrected chi connectivity index (χ4v) is 0.742. The van der Waals surface area contributed by atoms with Gasteiger partial charge in [0, 0.05) is 16.8 Å². The molecule has 0 unspecified atom stereocenters. The van der Waals surface area contributed by atoms with Crippen LogP contribution in [0.15, 0.2) is 0 Å². The molecule has 0 spiro atoms. The van der Waals surface area contributed by atoms with Crippen LogP contribution in [0, 0.1) is 0 Å². The number of rotatable bonds is 6. The number of carboxylic acids is 3. The third kappa shape index (κ3) is 44.9. The number of aliphatic carboxylic acids is 3. The summed E-state index contributed by atoms with van der Waals surface area (Å²) >= 11 is 0. The summed E-state index contributed by atoms with van der Waals surface area (Å²) in [6, 6.07) is 0. The van der Waals surface area contributed by atoms with E-state index in [1.165, 1.54) is 0 Å². The Balaban J connectivity index is -0.0000000629. The van der Waals surface area contributed by atoms with Crippen molar-refractivity contribution in [3.63, 3.8) is 0 Å². The Labute approximate surface area is 247 Å². The van der Waals surface area contributed by atoms with Gasteiger partial charge >= 0.3 is 156 Å². The van der Waals surface area contributed by atoms with Gasteiger partial charge in [0.2, 0.25) is 0 Å². The van der Waals surface area contributed by atoms with E-state index < -0.39 is 43.7 Å². The molecule has 14 heteroatoms. The molecule has 0 rings (SSSR count). The number of carbonyl (C=O) groups is 4. The van der Waals surface area contributed by atoms with E-state index in [9.17, 15) is 14.4 Å². The van der Waals surface area contributed by atoms with Gasteiger partial charge in [0.05, 0.1) is 19.6 Å². The summed E-state index contributed by atoms with van der Waals surface area (Å²) in [5.74, 6) is -3.78. The van der Waals surface area contributed by atoms with Crippen LogP contribution in [-0.4, -0.2) is 69.4 Å². The van der Waals surface area contributed by atoms with Crippen LogP contribution >= 0.6 is 0 Å². The number of hydrogen-bond acceptors (Lipinski definition) is 7. The maximum Gasteiger partial charge on any atom is 1.00 e. The minimum Gasteiger partial charge on any atom is -0.652 e. The van der Waals surface area contributed by atoms with Crippen LogP contribution < -0.4 is 148 Å². The third-order valence-electron chi connectivity index (χ3n) is 1.08. The van der Waals surface area contributed by atoms with Crippen molar-refractivity contribution in [3.05, 3.63) is 0 Å². The molecule has 0 aliphatic heterocycles. The topological polar surface area (TPSA) is 210 Å². The molecule has 0 aromatic carbocycles. The van der Waals surface area contributed by atoms with Crippen LogP contribution in [0.4, 0.5) is 4.79 Å². The molecule has 0 aromatic heterocycles. The van der Waals surface area contributed by atoms with Gasteiger partial charge in [-0.15, -0.1) is 0 Å². The van der Waals surface area contributed by atoms with Gasteiger partial charge in [0.1, 0.15) is 0 Å². The SMILES string of the molecule is O.O=C(O)CN(CC(=O)O)CC(=O)O.O=C([O-])[O-].[Co].[Cs+].[Cs+]. The molecule has 0 aromatic rings. The predicted octanol–water partition coefficient (Wildman–Crippen LogP) is -10.7. The molecule has 0 atom stereocenters. The summed E-state index contributed by atoms with van der Waals surface area (Å²) in [5.41, 5.74) is 0. The average Bonchev–Trinajstić information content (AvgIpc) is 1.96. The van der Waals surface area contributed by atoms with Crippen molar-refractivity contribution in [1.29, 1.82) is 0 Å². The summed E-state index contributed by atoms with van der Waals surface area (Å²) in [4.78, 5) is 39.6. The molecule has 0 amide bonds. The van der Waals surface area contributed by atoms with E-state index in [1.54, 1.807) is 0 Å².